The van der Waals surface area contributed by atoms with Gasteiger partial charge in [-0.05, 0) is 12.1 Å². The van der Waals surface area contributed by atoms with Gasteiger partial charge in [0.1, 0.15) is 6.07 Å². The van der Waals surface area contributed by atoms with Gasteiger partial charge in [-0.25, -0.2) is 4.79 Å². The molecule has 0 amide bonds. The van der Waals surface area contributed by atoms with Crippen molar-refractivity contribution in [2.45, 2.75) is 0 Å². The minimum atomic E-state index is -1.14. The van der Waals surface area contributed by atoms with Crippen molar-refractivity contribution in [1.29, 1.82) is 5.26 Å². The van der Waals surface area contributed by atoms with Gasteiger partial charge in [0.15, 0.2) is 5.69 Å². The summed E-state index contributed by atoms with van der Waals surface area (Å²) in [7, 11) is 0. The molecule has 0 radical (unpaired) electrons. The van der Waals surface area contributed by atoms with E-state index in [9.17, 15) is 4.79 Å². The van der Waals surface area contributed by atoms with Crippen molar-refractivity contribution in [1.82, 2.24) is 15.2 Å². The fraction of sp³-hybridized carbons (Fsp3) is 0. The van der Waals surface area contributed by atoms with Crippen molar-refractivity contribution in [2.24, 2.45) is 0 Å². The summed E-state index contributed by atoms with van der Waals surface area (Å²) in [5.74, 6) is -1.14. The number of hydrogen-bond acceptors (Lipinski definition) is 4. The first-order valence-electron chi connectivity index (χ1n) is 4.36. The van der Waals surface area contributed by atoms with Gasteiger partial charge in [-0.15, -0.1) is 0 Å². The van der Waals surface area contributed by atoms with Gasteiger partial charge in [0.05, 0.1) is 23.0 Å². The Morgan fingerprint density at radius 2 is 2.38 bits per heavy atom. The van der Waals surface area contributed by atoms with Crippen LogP contribution in [0.4, 0.5) is 0 Å². The average molecular weight is 214 g/mol. The van der Waals surface area contributed by atoms with Gasteiger partial charge < -0.3 is 5.11 Å². The van der Waals surface area contributed by atoms with Crippen LogP contribution in [-0.4, -0.2) is 26.3 Å². The van der Waals surface area contributed by atoms with Crippen molar-refractivity contribution in [3.8, 4) is 17.3 Å². The molecule has 6 nitrogen and oxygen atoms in total. The first-order valence-corrected chi connectivity index (χ1v) is 4.36. The Bertz CT molecular complexity index is 583. The fourth-order valence-electron chi connectivity index (χ4n) is 1.34. The lowest BCUT2D eigenvalue weighted by Gasteiger charge is -2.00. The third kappa shape index (κ3) is 1.50. The molecular formula is C10H6N4O2. The summed E-state index contributed by atoms with van der Waals surface area (Å²) >= 11 is 0. The molecule has 0 aliphatic carbocycles. The Kier molecular flexibility index (Phi) is 2.36. The zero-order valence-electron chi connectivity index (χ0n) is 8.01. The highest BCUT2D eigenvalue weighted by molar-refractivity contribution is 5.93. The summed E-state index contributed by atoms with van der Waals surface area (Å²) in [6.45, 7) is 0. The van der Waals surface area contributed by atoms with E-state index >= 15 is 0 Å². The van der Waals surface area contributed by atoms with Crippen molar-refractivity contribution in [2.75, 3.05) is 0 Å². The second-order valence-electron chi connectivity index (χ2n) is 2.98. The summed E-state index contributed by atoms with van der Waals surface area (Å²) in [5.41, 5.74) is 0.863. The Morgan fingerprint density at radius 1 is 1.56 bits per heavy atom. The molecule has 0 saturated carbocycles. The minimum Gasteiger partial charge on any atom is -0.477 e. The Balaban J connectivity index is 2.64. The smallest absolute Gasteiger partial charge is 0.354 e. The number of aromatic nitrogens is 3. The molecule has 0 unspecified atom stereocenters. The zero-order chi connectivity index (χ0) is 11.5. The van der Waals surface area contributed by atoms with Crippen LogP contribution < -0.4 is 0 Å². The van der Waals surface area contributed by atoms with Crippen LogP contribution in [0.1, 0.15) is 16.1 Å². The molecule has 0 saturated heterocycles. The van der Waals surface area contributed by atoms with E-state index in [0.717, 1.165) is 0 Å². The molecule has 2 N–H and O–H groups in total. The fourth-order valence-corrected chi connectivity index (χ4v) is 1.34. The van der Waals surface area contributed by atoms with Gasteiger partial charge in [-0.1, -0.05) is 0 Å². The van der Waals surface area contributed by atoms with Gasteiger partial charge >= 0.3 is 5.97 Å². The largest absolute Gasteiger partial charge is 0.477 e. The second-order valence-corrected chi connectivity index (χ2v) is 2.98. The lowest BCUT2D eigenvalue weighted by molar-refractivity contribution is 0.0691. The molecular weight excluding hydrogens is 208 g/mol. The second kappa shape index (κ2) is 3.82. The number of H-pyrrole nitrogens is 1. The number of carboxylic acid groups (broad SMARTS) is 1. The highest BCUT2D eigenvalue weighted by Gasteiger charge is 2.17. The van der Waals surface area contributed by atoms with Crippen molar-refractivity contribution >= 4 is 5.97 Å². The van der Waals surface area contributed by atoms with E-state index in [-0.39, 0.29) is 5.69 Å². The number of pyridine rings is 1. The zero-order valence-corrected chi connectivity index (χ0v) is 8.01. The van der Waals surface area contributed by atoms with E-state index in [2.05, 4.69) is 15.2 Å². The van der Waals surface area contributed by atoms with Crippen LogP contribution >= 0.6 is 0 Å². The topological polar surface area (TPSA) is 103 Å². The van der Waals surface area contributed by atoms with Crippen molar-refractivity contribution in [3.05, 3.63) is 35.8 Å². The number of rotatable bonds is 2. The molecule has 2 aromatic rings. The van der Waals surface area contributed by atoms with E-state index in [1.54, 1.807) is 12.1 Å². The highest BCUT2D eigenvalue weighted by atomic mass is 16.4. The van der Waals surface area contributed by atoms with Crippen molar-refractivity contribution < 1.29 is 9.90 Å². The number of hydrogen-bond donors (Lipinski definition) is 2. The average Bonchev–Trinajstić information content (AvgIpc) is 2.77. The normalized spacial score (nSPS) is 9.69. The van der Waals surface area contributed by atoms with Crippen LogP contribution in [0.3, 0.4) is 0 Å². The molecule has 0 aliphatic rings. The molecule has 2 heterocycles. The number of nitrogens with zero attached hydrogens (tertiary/aromatic N) is 3. The molecule has 16 heavy (non-hydrogen) atoms. The van der Waals surface area contributed by atoms with Crippen LogP contribution in [-0.2, 0) is 0 Å². The maximum atomic E-state index is 10.9. The lowest BCUT2D eigenvalue weighted by atomic mass is 10.1. The number of carboxylic acids is 1. The quantitative estimate of drug-likeness (QED) is 0.777. The van der Waals surface area contributed by atoms with Crippen LogP contribution in [0.2, 0.25) is 0 Å². The molecule has 0 fully saturated rings. The van der Waals surface area contributed by atoms with Gasteiger partial charge in [0.25, 0.3) is 0 Å². The number of nitrogens with one attached hydrogen (secondary N) is 1. The number of aromatic amines is 1. The summed E-state index contributed by atoms with van der Waals surface area (Å²) in [6, 6.07) is 5.14. The van der Waals surface area contributed by atoms with Crippen molar-refractivity contribution in [3.63, 3.8) is 0 Å². The number of carbonyl (C=O) groups is 1. The van der Waals surface area contributed by atoms with Crippen LogP contribution in [0.15, 0.2) is 24.5 Å². The van der Waals surface area contributed by atoms with E-state index in [4.69, 9.17) is 10.4 Å². The third-order valence-corrected chi connectivity index (χ3v) is 2.04. The predicted octanol–water partition coefficient (Wildman–Crippen LogP) is 1.04. The lowest BCUT2D eigenvalue weighted by Crippen LogP contribution is -2.00. The number of nitriles is 1. The van der Waals surface area contributed by atoms with Crippen LogP contribution in [0.25, 0.3) is 11.3 Å². The van der Waals surface area contributed by atoms with Crippen LogP contribution in [0.5, 0.6) is 0 Å². The third-order valence-electron chi connectivity index (χ3n) is 2.04. The maximum Gasteiger partial charge on any atom is 0.354 e. The van der Waals surface area contributed by atoms with E-state index in [1.165, 1.54) is 12.4 Å². The van der Waals surface area contributed by atoms with Gasteiger partial charge in [0.2, 0.25) is 0 Å². The molecule has 0 aliphatic heterocycles. The first kappa shape index (κ1) is 9.86. The number of aromatic carboxylic acids is 1. The summed E-state index contributed by atoms with van der Waals surface area (Å²) in [6.07, 6.45) is 2.83. The van der Waals surface area contributed by atoms with Crippen LogP contribution in [0, 0.1) is 11.3 Å². The molecule has 78 valence electrons. The molecule has 0 aromatic carbocycles. The van der Waals surface area contributed by atoms with Gasteiger partial charge in [-0.2, -0.15) is 10.4 Å². The monoisotopic (exact) mass is 214 g/mol. The molecule has 2 rings (SSSR count). The Morgan fingerprint density at radius 3 is 3.06 bits per heavy atom. The van der Waals surface area contributed by atoms with E-state index in [1.807, 2.05) is 6.07 Å². The molecule has 0 bridgehead atoms. The SMILES string of the molecule is N#Cc1cccnc1-c1cn[nH]c1C(=O)O. The van der Waals surface area contributed by atoms with Gasteiger partial charge in [-0.3, -0.25) is 10.1 Å². The van der Waals surface area contributed by atoms with E-state index < -0.39 is 5.97 Å². The highest BCUT2D eigenvalue weighted by Crippen LogP contribution is 2.22. The minimum absolute atomic E-state index is 0.0739. The summed E-state index contributed by atoms with van der Waals surface area (Å²) < 4.78 is 0. The molecule has 0 spiro atoms. The standard InChI is InChI=1S/C10H6N4O2/c11-4-6-2-1-3-12-8(6)7-5-13-14-9(7)10(15)16/h1-3,5H,(H,13,14)(H,15,16). The Labute approximate surface area is 90.2 Å². The summed E-state index contributed by atoms with van der Waals surface area (Å²) in [4.78, 5) is 14.9. The molecule has 0 atom stereocenters. The summed E-state index contributed by atoms with van der Waals surface area (Å²) in [5, 5.41) is 23.8. The van der Waals surface area contributed by atoms with E-state index in [0.29, 0.717) is 16.8 Å². The molecule has 2 aromatic heterocycles. The first-order chi connectivity index (χ1) is 7.74. The van der Waals surface area contributed by atoms with Gasteiger partial charge in [0, 0.05) is 6.20 Å². The Hall–Kier alpha value is -2.68. The molecule has 6 heteroatoms. The predicted molar refractivity (Wildman–Crippen MR) is 53.5 cm³/mol. The maximum absolute atomic E-state index is 10.9.